The second-order valence-electron chi connectivity index (χ2n) is 9.47. The molecular weight excluding hydrogens is 460 g/mol. The number of rotatable bonds is 3. The number of likely N-dealkylation sites (N-methyl/N-ethyl adjacent to an activating group) is 2. The number of anilines is 3. The molecule has 2 aromatic carbocycles. The fourth-order valence-corrected chi connectivity index (χ4v) is 4.64. The minimum Gasteiger partial charge on any atom is -0.399 e. The minimum atomic E-state index is -0.375. The van der Waals surface area contributed by atoms with Gasteiger partial charge in [-0.3, -0.25) is 20.3 Å². The second-order valence-corrected chi connectivity index (χ2v) is 9.47. The van der Waals surface area contributed by atoms with Crippen molar-refractivity contribution in [3.05, 3.63) is 46.5 Å². The van der Waals surface area contributed by atoms with Crippen molar-refractivity contribution in [2.24, 2.45) is 0 Å². The van der Waals surface area contributed by atoms with Crippen LogP contribution in [0.4, 0.5) is 23.0 Å². The molecule has 0 saturated carbocycles. The van der Waals surface area contributed by atoms with Crippen LogP contribution in [0, 0.1) is 10.1 Å². The molecule has 36 heavy (non-hydrogen) atoms. The Bertz CT molecular complexity index is 1350. The Balaban J connectivity index is 0.000000149. The van der Waals surface area contributed by atoms with Crippen LogP contribution in [0.3, 0.4) is 0 Å². The number of nitrogens with two attached hydrogens (primary N) is 1. The van der Waals surface area contributed by atoms with Crippen LogP contribution < -0.4 is 15.5 Å². The van der Waals surface area contributed by atoms with Crippen LogP contribution in [0.15, 0.2) is 36.4 Å². The molecule has 0 unspecified atom stereocenters. The van der Waals surface area contributed by atoms with Gasteiger partial charge >= 0.3 is 0 Å². The normalized spacial score (nSPS) is 17.4. The zero-order chi connectivity index (χ0) is 25.2. The standard InChI is InChI=1S/C12H15N5O2.C12H17N5/c1-15-4-6-16(7-5-15)12-10-8-9(17(18)19)2-3-11(10)13-14-12;1-16-4-6-17(7-5-16)12-10-8-9(13)2-3-11(10)14-15-12/h2-3,8H,4-7H2,1H3,(H,13,14);2-3,8H,4-7,13H2,1H3,(H,14,15). The maximum absolute atomic E-state index is 10.9. The van der Waals surface area contributed by atoms with E-state index in [0.29, 0.717) is 0 Å². The van der Waals surface area contributed by atoms with Gasteiger partial charge in [-0.1, -0.05) is 0 Å². The first-order chi connectivity index (χ1) is 17.4. The first kappa shape index (κ1) is 23.8. The molecule has 2 aromatic heterocycles. The van der Waals surface area contributed by atoms with Crippen LogP contribution >= 0.6 is 0 Å². The number of nitro groups is 1. The number of hydrogen-bond acceptors (Lipinski definition) is 9. The number of nitrogens with one attached hydrogen (secondary N) is 2. The molecule has 6 rings (SSSR count). The summed E-state index contributed by atoms with van der Waals surface area (Å²) in [5.74, 6) is 1.84. The van der Waals surface area contributed by atoms with Crippen LogP contribution in [0.5, 0.6) is 0 Å². The van der Waals surface area contributed by atoms with Crippen molar-refractivity contribution in [1.29, 1.82) is 0 Å². The number of non-ortho nitro benzene ring substituents is 1. The molecule has 4 aromatic rings. The maximum Gasteiger partial charge on any atom is 0.270 e. The molecule has 0 spiro atoms. The van der Waals surface area contributed by atoms with E-state index in [2.05, 4.69) is 54.1 Å². The number of piperazine rings is 2. The zero-order valence-electron chi connectivity index (χ0n) is 20.6. The average Bonchev–Trinajstić information content (AvgIpc) is 3.49. The number of hydrogen-bond donors (Lipinski definition) is 3. The van der Waals surface area contributed by atoms with Gasteiger partial charge in [0.25, 0.3) is 5.69 Å². The molecule has 12 nitrogen and oxygen atoms in total. The lowest BCUT2D eigenvalue weighted by Crippen LogP contribution is -2.44. The molecule has 0 bridgehead atoms. The Hall–Kier alpha value is -3.90. The Morgan fingerprint density at radius 3 is 1.75 bits per heavy atom. The van der Waals surface area contributed by atoms with Crippen molar-refractivity contribution >= 4 is 44.8 Å². The number of H-pyrrole nitrogens is 2. The summed E-state index contributed by atoms with van der Waals surface area (Å²) in [6.45, 7) is 7.93. The van der Waals surface area contributed by atoms with E-state index in [1.54, 1.807) is 12.1 Å². The monoisotopic (exact) mass is 492 g/mol. The molecule has 0 aliphatic carbocycles. The van der Waals surface area contributed by atoms with E-state index in [4.69, 9.17) is 5.73 Å². The summed E-state index contributed by atoms with van der Waals surface area (Å²) in [5, 5.41) is 27.5. The average molecular weight is 493 g/mol. The molecule has 190 valence electrons. The van der Waals surface area contributed by atoms with Crippen molar-refractivity contribution < 1.29 is 4.92 Å². The van der Waals surface area contributed by atoms with Crippen molar-refractivity contribution in [2.45, 2.75) is 0 Å². The summed E-state index contributed by atoms with van der Waals surface area (Å²) in [5.41, 5.74) is 8.60. The highest BCUT2D eigenvalue weighted by Gasteiger charge is 2.21. The van der Waals surface area contributed by atoms with Crippen molar-refractivity contribution in [1.82, 2.24) is 30.2 Å². The smallest absolute Gasteiger partial charge is 0.270 e. The summed E-state index contributed by atoms with van der Waals surface area (Å²) < 4.78 is 0. The van der Waals surface area contributed by atoms with Gasteiger partial charge in [0.1, 0.15) is 0 Å². The predicted octanol–water partition coefficient (Wildman–Crippen LogP) is 2.12. The maximum atomic E-state index is 10.9. The van der Waals surface area contributed by atoms with Gasteiger partial charge in [-0.25, -0.2) is 0 Å². The summed E-state index contributed by atoms with van der Waals surface area (Å²) in [4.78, 5) is 19.6. The molecule has 2 aliphatic heterocycles. The fraction of sp³-hybridized carbons (Fsp3) is 0.417. The number of aromatic amines is 2. The van der Waals surface area contributed by atoms with Crippen molar-refractivity contribution in [2.75, 3.05) is 82.0 Å². The van der Waals surface area contributed by atoms with Gasteiger partial charge in [-0.05, 0) is 38.4 Å². The van der Waals surface area contributed by atoms with Crippen LogP contribution in [0.25, 0.3) is 21.8 Å². The lowest BCUT2D eigenvalue weighted by molar-refractivity contribution is -0.384. The van der Waals surface area contributed by atoms with E-state index in [1.807, 2.05) is 18.2 Å². The van der Waals surface area contributed by atoms with Crippen LogP contribution in [-0.4, -0.2) is 102 Å². The fourth-order valence-electron chi connectivity index (χ4n) is 4.64. The van der Waals surface area contributed by atoms with E-state index in [9.17, 15) is 10.1 Å². The third kappa shape index (κ3) is 4.90. The Morgan fingerprint density at radius 1 is 0.778 bits per heavy atom. The topological polar surface area (TPSA) is 139 Å². The zero-order valence-corrected chi connectivity index (χ0v) is 20.6. The van der Waals surface area contributed by atoms with Crippen molar-refractivity contribution in [3.63, 3.8) is 0 Å². The summed E-state index contributed by atoms with van der Waals surface area (Å²) in [6.07, 6.45) is 0. The minimum absolute atomic E-state index is 0.101. The Morgan fingerprint density at radius 2 is 1.25 bits per heavy atom. The number of nitro benzene ring substituents is 1. The summed E-state index contributed by atoms with van der Waals surface area (Å²) in [7, 11) is 4.24. The Kier molecular flexibility index (Phi) is 6.61. The molecule has 0 amide bonds. The van der Waals surface area contributed by atoms with Gasteiger partial charge in [0, 0.05) is 75.6 Å². The SMILES string of the molecule is CN1CCN(c2n[nH]c3ccc(N)cc23)CC1.CN1CCN(c2n[nH]c3ccc([N+](=O)[O-])cc23)CC1. The third-order valence-corrected chi connectivity index (χ3v) is 6.91. The van der Waals surface area contributed by atoms with E-state index in [-0.39, 0.29) is 10.6 Å². The van der Waals surface area contributed by atoms with Gasteiger partial charge < -0.3 is 25.3 Å². The molecule has 0 radical (unpaired) electrons. The number of benzene rings is 2. The molecule has 4 heterocycles. The number of nitrogens with zero attached hydrogens (tertiary/aromatic N) is 7. The van der Waals surface area contributed by atoms with Crippen LogP contribution in [0.2, 0.25) is 0 Å². The van der Waals surface area contributed by atoms with Gasteiger partial charge in [-0.2, -0.15) is 10.2 Å². The van der Waals surface area contributed by atoms with E-state index in [0.717, 1.165) is 91.5 Å². The molecule has 2 aliphatic rings. The van der Waals surface area contributed by atoms with Gasteiger partial charge in [0.15, 0.2) is 11.6 Å². The predicted molar refractivity (Wildman–Crippen MR) is 143 cm³/mol. The number of aromatic nitrogens is 4. The summed E-state index contributed by atoms with van der Waals surface area (Å²) >= 11 is 0. The molecular formula is C24H32N10O2. The van der Waals surface area contributed by atoms with E-state index >= 15 is 0 Å². The van der Waals surface area contributed by atoms with Gasteiger partial charge in [0.2, 0.25) is 0 Å². The number of fused-ring (bicyclic) bond motifs is 2. The third-order valence-electron chi connectivity index (χ3n) is 6.91. The highest BCUT2D eigenvalue weighted by molar-refractivity contribution is 5.93. The highest BCUT2D eigenvalue weighted by atomic mass is 16.6. The van der Waals surface area contributed by atoms with Crippen molar-refractivity contribution in [3.8, 4) is 0 Å². The highest BCUT2D eigenvalue weighted by Crippen LogP contribution is 2.28. The molecule has 12 heteroatoms. The molecule has 0 atom stereocenters. The quantitative estimate of drug-likeness (QED) is 0.223. The Labute approximate surface area is 208 Å². The largest absolute Gasteiger partial charge is 0.399 e. The van der Waals surface area contributed by atoms with E-state index in [1.165, 1.54) is 6.07 Å². The van der Waals surface area contributed by atoms with Crippen LogP contribution in [-0.2, 0) is 0 Å². The van der Waals surface area contributed by atoms with E-state index < -0.39 is 0 Å². The van der Waals surface area contributed by atoms with Gasteiger partial charge in [0.05, 0.1) is 21.3 Å². The summed E-state index contributed by atoms with van der Waals surface area (Å²) in [6, 6.07) is 10.7. The van der Waals surface area contributed by atoms with Gasteiger partial charge in [-0.15, -0.1) is 0 Å². The second kappa shape index (κ2) is 9.99. The molecule has 4 N–H and O–H groups in total. The lowest BCUT2D eigenvalue weighted by Gasteiger charge is -2.32. The lowest BCUT2D eigenvalue weighted by atomic mass is 10.2. The number of nitrogen functional groups attached to an aromatic ring is 1. The van der Waals surface area contributed by atoms with Crippen LogP contribution in [0.1, 0.15) is 0 Å². The first-order valence-corrected chi connectivity index (χ1v) is 12.1. The molecule has 2 fully saturated rings. The molecule has 2 saturated heterocycles. The first-order valence-electron chi connectivity index (χ1n) is 12.1.